The van der Waals surface area contributed by atoms with Crippen LogP contribution in [0.5, 0.6) is 0 Å². The van der Waals surface area contributed by atoms with E-state index in [0.29, 0.717) is 30.8 Å². The Balaban J connectivity index is 1.42. The third-order valence-electron chi connectivity index (χ3n) is 5.18. The van der Waals surface area contributed by atoms with Crippen LogP contribution in [0.2, 0.25) is 0 Å². The molecule has 1 aromatic heterocycles. The molecule has 3 rings (SSSR count). The quantitative estimate of drug-likeness (QED) is 0.303. The third kappa shape index (κ3) is 5.87. The predicted octanol–water partition coefficient (Wildman–Crippen LogP) is 1.01. The molecule has 174 valence electrons. The number of aromatic nitrogens is 1. The number of hydrogen-bond acceptors (Lipinski definition) is 9. The van der Waals surface area contributed by atoms with Gasteiger partial charge in [-0.05, 0) is 31.4 Å². The molecule has 0 spiro atoms. The fourth-order valence-electron chi connectivity index (χ4n) is 3.42. The van der Waals surface area contributed by atoms with Crippen LogP contribution >= 0.6 is 11.8 Å². The van der Waals surface area contributed by atoms with E-state index in [1.807, 2.05) is 0 Å². The van der Waals surface area contributed by atoms with Gasteiger partial charge in [0.15, 0.2) is 0 Å². The van der Waals surface area contributed by atoms with Gasteiger partial charge in [-0.2, -0.15) is 4.31 Å². The molecule has 0 atom stereocenters. The average Bonchev–Trinajstić information content (AvgIpc) is 3.15. The number of sulfonamides is 1. The van der Waals surface area contributed by atoms with E-state index in [9.17, 15) is 22.8 Å². The van der Waals surface area contributed by atoms with E-state index in [4.69, 9.17) is 4.74 Å². The fraction of sp³-hybridized carbons (Fsp3) is 0.500. The topological polar surface area (TPSA) is 123 Å². The number of carbonyl (C=O) groups excluding carboxylic acids is 3. The first-order valence-electron chi connectivity index (χ1n) is 10.1. The van der Waals surface area contributed by atoms with Crippen molar-refractivity contribution in [3.05, 3.63) is 35.6 Å². The molecular formula is C20H25N3O7S2. The SMILES string of the molecule is COC(=O)/C=C1/SCC(=O)N1CCCOC(=O)C1CCN(S(=O)(=O)c2cccnc2)CC1. The smallest absolute Gasteiger partial charge is 0.333 e. The standard InChI is InChI=1S/C20H25N3O7S2/c1-29-19(25)12-18-23(17(24)14-31-18)8-3-11-30-20(26)15-5-9-22(10-6-15)32(27,28)16-4-2-7-21-13-16/h2,4,7,12-13,15H,3,5-6,8-11,14H2,1H3/b18-12+. The predicted molar refractivity (Wildman–Crippen MR) is 116 cm³/mol. The molecule has 32 heavy (non-hydrogen) atoms. The largest absolute Gasteiger partial charge is 0.466 e. The molecule has 0 aliphatic carbocycles. The Morgan fingerprint density at radius 3 is 2.72 bits per heavy atom. The molecule has 1 amide bonds. The Hall–Kier alpha value is -2.44. The second-order valence-electron chi connectivity index (χ2n) is 7.23. The van der Waals surface area contributed by atoms with E-state index in [0.717, 1.165) is 0 Å². The van der Waals surface area contributed by atoms with Crippen LogP contribution in [-0.2, 0) is 33.9 Å². The number of amides is 1. The molecule has 0 saturated carbocycles. The lowest BCUT2D eigenvalue weighted by Crippen LogP contribution is -2.40. The minimum absolute atomic E-state index is 0.112. The maximum Gasteiger partial charge on any atom is 0.333 e. The zero-order valence-corrected chi connectivity index (χ0v) is 19.3. The Bertz CT molecular complexity index is 974. The van der Waals surface area contributed by atoms with E-state index in [1.54, 1.807) is 6.07 Å². The van der Waals surface area contributed by atoms with Crippen molar-refractivity contribution in [1.29, 1.82) is 0 Å². The second-order valence-corrected chi connectivity index (χ2v) is 10.2. The first-order chi connectivity index (χ1) is 15.3. The summed E-state index contributed by atoms with van der Waals surface area (Å²) < 4.78 is 36.6. The zero-order chi connectivity index (χ0) is 23.1. The van der Waals surface area contributed by atoms with E-state index in [-0.39, 0.29) is 48.1 Å². The summed E-state index contributed by atoms with van der Waals surface area (Å²) in [5.41, 5.74) is 0. The van der Waals surface area contributed by atoms with Crippen molar-refractivity contribution in [1.82, 2.24) is 14.2 Å². The maximum absolute atomic E-state index is 12.6. The summed E-state index contributed by atoms with van der Waals surface area (Å²) in [5, 5.41) is 0.523. The van der Waals surface area contributed by atoms with Gasteiger partial charge in [-0.1, -0.05) is 11.8 Å². The van der Waals surface area contributed by atoms with E-state index < -0.39 is 16.0 Å². The minimum Gasteiger partial charge on any atom is -0.466 e. The molecule has 0 unspecified atom stereocenters. The van der Waals surface area contributed by atoms with Crippen molar-refractivity contribution in [3.8, 4) is 0 Å². The van der Waals surface area contributed by atoms with Gasteiger partial charge in [0.05, 0.1) is 36.5 Å². The van der Waals surface area contributed by atoms with Crippen molar-refractivity contribution in [2.24, 2.45) is 5.92 Å². The van der Waals surface area contributed by atoms with Crippen LogP contribution < -0.4 is 0 Å². The van der Waals surface area contributed by atoms with Crippen molar-refractivity contribution in [2.75, 3.05) is 39.1 Å². The maximum atomic E-state index is 12.6. The molecule has 12 heteroatoms. The Labute approximate surface area is 191 Å². The number of piperidine rings is 1. The molecule has 0 N–H and O–H groups in total. The number of carbonyl (C=O) groups is 3. The summed E-state index contributed by atoms with van der Waals surface area (Å²) in [6.45, 7) is 0.924. The van der Waals surface area contributed by atoms with Gasteiger partial charge in [0, 0.05) is 32.0 Å². The van der Waals surface area contributed by atoms with E-state index in [1.165, 1.54) is 52.6 Å². The Kier molecular flexibility index (Phi) is 8.26. The molecule has 2 aliphatic heterocycles. The van der Waals surface area contributed by atoms with Crippen LogP contribution in [-0.4, -0.2) is 79.6 Å². The van der Waals surface area contributed by atoms with Gasteiger partial charge < -0.3 is 14.4 Å². The first-order valence-corrected chi connectivity index (χ1v) is 12.5. The lowest BCUT2D eigenvalue weighted by molar-refractivity contribution is -0.150. The number of rotatable bonds is 8. The minimum atomic E-state index is -3.62. The van der Waals surface area contributed by atoms with E-state index in [2.05, 4.69) is 9.72 Å². The highest BCUT2D eigenvalue weighted by Crippen LogP contribution is 2.29. The molecule has 0 radical (unpaired) electrons. The number of pyridine rings is 1. The van der Waals surface area contributed by atoms with Crippen molar-refractivity contribution < 1.29 is 32.3 Å². The Morgan fingerprint density at radius 1 is 1.31 bits per heavy atom. The number of methoxy groups -OCH3 is 1. The molecule has 0 bridgehead atoms. The summed E-state index contributed by atoms with van der Waals surface area (Å²) >= 11 is 1.26. The summed E-state index contributed by atoms with van der Waals surface area (Å²) in [4.78, 5) is 41.3. The molecular weight excluding hydrogens is 458 g/mol. The molecule has 1 aromatic rings. The molecule has 2 fully saturated rings. The van der Waals surface area contributed by atoms with Crippen LogP contribution in [0.25, 0.3) is 0 Å². The van der Waals surface area contributed by atoms with Crippen LogP contribution in [0.4, 0.5) is 0 Å². The summed E-state index contributed by atoms with van der Waals surface area (Å²) in [7, 11) is -2.35. The monoisotopic (exact) mass is 483 g/mol. The highest BCUT2D eigenvalue weighted by atomic mass is 32.2. The third-order valence-corrected chi connectivity index (χ3v) is 8.09. The number of esters is 2. The van der Waals surface area contributed by atoms with E-state index >= 15 is 0 Å². The zero-order valence-electron chi connectivity index (χ0n) is 17.6. The van der Waals surface area contributed by atoms with Gasteiger partial charge in [0.1, 0.15) is 4.90 Å². The van der Waals surface area contributed by atoms with Crippen LogP contribution in [0.15, 0.2) is 40.5 Å². The van der Waals surface area contributed by atoms with Crippen LogP contribution in [0.3, 0.4) is 0 Å². The summed E-state index contributed by atoms with van der Waals surface area (Å²) in [6, 6.07) is 3.07. The van der Waals surface area contributed by atoms with Gasteiger partial charge in [-0.3, -0.25) is 14.6 Å². The molecule has 3 heterocycles. The molecule has 2 aliphatic rings. The lowest BCUT2D eigenvalue weighted by atomic mass is 9.98. The van der Waals surface area contributed by atoms with Gasteiger partial charge in [-0.25, -0.2) is 13.2 Å². The van der Waals surface area contributed by atoms with Crippen LogP contribution in [0.1, 0.15) is 19.3 Å². The molecule has 2 saturated heterocycles. The first kappa shape index (κ1) is 24.2. The van der Waals surface area contributed by atoms with Crippen molar-refractivity contribution >= 4 is 39.6 Å². The number of nitrogens with zero attached hydrogens (tertiary/aromatic N) is 3. The highest BCUT2D eigenvalue weighted by Gasteiger charge is 2.33. The average molecular weight is 484 g/mol. The summed E-state index contributed by atoms with van der Waals surface area (Å²) in [6.07, 6.45) is 5.28. The van der Waals surface area contributed by atoms with Crippen molar-refractivity contribution in [3.63, 3.8) is 0 Å². The fourth-order valence-corrected chi connectivity index (χ4v) is 5.81. The lowest BCUT2D eigenvalue weighted by Gasteiger charge is -2.30. The number of ether oxygens (including phenoxy) is 2. The number of thioether (sulfide) groups is 1. The van der Waals surface area contributed by atoms with Gasteiger partial charge >= 0.3 is 11.9 Å². The highest BCUT2D eigenvalue weighted by molar-refractivity contribution is 8.04. The summed E-state index contributed by atoms with van der Waals surface area (Å²) in [5.74, 6) is -1.12. The van der Waals surface area contributed by atoms with Crippen LogP contribution in [0, 0.1) is 5.92 Å². The molecule has 0 aromatic carbocycles. The van der Waals surface area contributed by atoms with Gasteiger partial charge in [-0.15, -0.1) is 0 Å². The molecule has 10 nitrogen and oxygen atoms in total. The number of hydrogen-bond donors (Lipinski definition) is 0. The second kappa shape index (κ2) is 10.9. The van der Waals surface area contributed by atoms with Gasteiger partial charge in [0.2, 0.25) is 15.9 Å². The van der Waals surface area contributed by atoms with Gasteiger partial charge in [0.25, 0.3) is 0 Å². The Morgan fingerprint density at radius 2 is 2.06 bits per heavy atom. The normalized spacial score (nSPS) is 19.3. The van der Waals surface area contributed by atoms with Crippen molar-refractivity contribution in [2.45, 2.75) is 24.2 Å².